The summed E-state index contributed by atoms with van der Waals surface area (Å²) in [7, 11) is 0. The molecular formula is C18H30O2. The molecule has 0 radical (unpaired) electrons. The molecule has 114 valence electrons. The van der Waals surface area contributed by atoms with Crippen molar-refractivity contribution >= 4 is 11.6 Å². The lowest BCUT2D eigenvalue weighted by molar-refractivity contribution is -0.124. The zero-order valence-electron chi connectivity index (χ0n) is 13.9. The van der Waals surface area contributed by atoms with Crippen LogP contribution in [-0.2, 0) is 9.59 Å². The Morgan fingerprint density at radius 1 is 1.00 bits per heavy atom. The molecule has 0 aliphatic rings. The van der Waals surface area contributed by atoms with Crippen LogP contribution in [0.4, 0.5) is 0 Å². The predicted octanol–water partition coefficient (Wildman–Crippen LogP) is 5.17. The topological polar surface area (TPSA) is 34.1 Å². The van der Waals surface area contributed by atoms with Crippen molar-refractivity contribution in [3.05, 3.63) is 35.9 Å². The van der Waals surface area contributed by atoms with Gasteiger partial charge in [0.05, 0.1) is 0 Å². The van der Waals surface area contributed by atoms with Gasteiger partial charge in [0.1, 0.15) is 11.6 Å². The minimum Gasteiger partial charge on any atom is -0.300 e. The molecule has 0 fully saturated rings. The molecule has 20 heavy (non-hydrogen) atoms. The highest BCUT2D eigenvalue weighted by Crippen LogP contribution is 2.21. The van der Waals surface area contributed by atoms with Gasteiger partial charge >= 0.3 is 0 Å². The van der Waals surface area contributed by atoms with Crippen LogP contribution in [0.25, 0.3) is 0 Å². The summed E-state index contributed by atoms with van der Waals surface area (Å²) in [6, 6.07) is 9.48. The molecule has 0 aliphatic heterocycles. The first kappa shape index (κ1) is 20.9. The Kier molecular flexibility index (Phi) is 14.6. The maximum Gasteiger partial charge on any atom is 0.137 e. The minimum absolute atomic E-state index is 0.0583. The maximum atomic E-state index is 11.4. The largest absolute Gasteiger partial charge is 0.300 e. The van der Waals surface area contributed by atoms with E-state index < -0.39 is 0 Å². The molecule has 0 aromatic heterocycles. The van der Waals surface area contributed by atoms with Crippen molar-refractivity contribution < 1.29 is 9.59 Å². The smallest absolute Gasteiger partial charge is 0.137 e. The standard InChI is InChI=1S/C13H16O2.C3H8.C2H6/c1-3-12(15)9-13(10(2)14)11-7-5-4-6-8-11;1-3-2;1-2/h4-8,13H,3,9H2,1-2H3;3H2,1-2H3;1-2H3/t13-;;/m1../s1. The Hall–Kier alpha value is -1.44. The van der Waals surface area contributed by atoms with Gasteiger partial charge in [0.2, 0.25) is 0 Å². The minimum atomic E-state index is -0.265. The van der Waals surface area contributed by atoms with Gasteiger partial charge in [-0.05, 0) is 12.5 Å². The Labute approximate surface area is 124 Å². The van der Waals surface area contributed by atoms with Crippen LogP contribution < -0.4 is 0 Å². The van der Waals surface area contributed by atoms with Crippen molar-refractivity contribution in [2.45, 2.75) is 66.7 Å². The zero-order valence-corrected chi connectivity index (χ0v) is 13.9. The van der Waals surface area contributed by atoms with Crippen molar-refractivity contribution in [2.75, 3.05) is 0 Å². The lowest BCUT2D eigenvalue weighted by Gasteiger charge is -2.12. The van der Waals surface area contributed by atoms with Crippen LogP contribution in [0.15, 0.2) is 30.3 Å². The van der Waals surface area contributed by atoms with E-state index >= 15 is 0 Å². The first-order valence-electron chi connectivity index (χ1n) is 7.63. The molecule has 0 saturated carbocycles. The SMILES string of the molecule is CC.CCC.CCC(=O)C[C@H](C(C)=O)c1ccccc1. The molecule has 0 bridgehead atoms. The number of hydrogen-bond acceptors (Lipinski definition) is 2. The summed E-state index contributed by atoms with van der Waals surface area (Å²) >= 11 is 0. The van der Waals surface area contributed by atoms with Crippen molar-refractivity contribution in [2.24, 2.45) is 0 Å². The van der Waals surface area contributed by atoms with Crippen LogP contribution >= 0.6 is 0 Å². The third-order valence-corrected chi connectivity index (χ3v) is 2.52. The van der Waals surface area contributed by atoms with Crippen molar-refractivity contribution in [1.82, 2.24) is 0 Å². The van der Waals surface area contributed by atoms with Crippen molar-refractivity contribution in [1.29, 1.82) is 0 Å². The summed E-state index contributed by atoms with van der Waals surface area (Å²) in [5, 5.41) is 0. The first-order chi connectivity index (χ1) is 9.56. The Morgan fingerprint density at radius 3 is 1.80 bits per heavy atom. The summed E-state index contributed by atoms with van der Waals surface area (Å²) in [5.74, 6) is -0.0688. The summed E-state index contributed by atoms with van der Waals surface area (Å²) in [5.41, 5.74) is 0.937. The number of hydrogen-bond donors (Lipinski definition) is 0. The maximum absolute atomic E-state index is 11.4. The van der Waals surface area contributed by atoms with Gasteiger partial charge in [-0.1, -0.05) is 71.4 Å². The number of benzene rings is 1. The van der Waals surface area contributed by atoms with Gasteiger partial charge < -0.3 is 0 Å². The lowest BCUT2D eigenvalue weighted by atomic mass is 9.90. The number of rotatable bonds is 5. The molecule has 0 aliphatic carbocycles. The van der Waals surface area contributed by atoms with E-state index in [4.69, 9.17) is 0 Å². The average molecular weight is 278 g/mol. The molecule has 0 spiro atoms. The van der Waals surface area contributed by atoms with E-state index in [0.29, 0.717) is 12.8 Å². The van der Waals surface area contributed by atoms with E-state index in [1.54, 1.807) is 6.92 Å². The van der Waals surface area contributed by atoms with E-state index in [-0.39, 0.29) is 17.5 Å². The number of carbonyl (C=O) groups excluding carboxylic acids is 2. The molecular weight excluding hydrogens is 248 g/mol. The van der Waals surface area contributed by atoms with Crippen LogP contribution in [0.3, 0.4) is 0 Å². The van der Waals surface area contributed by atoms with Gasteiger partial charge in [-0.25, -0.2) is 0 Å². The van der Waals surface area contributed by atoms with Crippen LogP contribution in [0.1, 0.15) is 72.3 Å². The highest BCUT2D eigenvalue weighted by molar-refractivity contribution is 5.90. The van der Waals surface area contributed by atoms with Gasteiger partial charge in [0.25, 0.3) is 0 Å². The fourth-order valence-electron chi connectivity index (χ4n) is 1.55. The quantitative estimate of drug-likeness (QED) is 0.744. The first-order valence-corrected chi connectivity index (χ1v) is 7.63. The van der Waals surface area contributed by atoms with Crippen LogP contribution in [0.2, 0.25) is 0 Å². The van der Waals surface area contributed by atoms with Gasteiger partial charge in [-0.3, -0.25) is 9.59 Å². The molecule has 0 amide bonds. The van der Waals surface area contributed by atoms with Crippen molar-refractivity contribution in [3.8, 4) is 0 Å². The lowest BCUT2D eigenvalue weighted by Crippen LogP contribution is -2.13. The van der Waals surface area contributed by atoms with E-state index in [0.717, 1.165) is 5.56 Å². The number of carbonyl (C=O) groups is 2. The van der Waals surface area contributed by atoms with E-state index in [1.165, 1.54) is 6.42 Å². The third kappa shape index (κ3) is 9.48. The predicted molar refractivity (Wildman–Crippen MR) is 87.1 cm³/mol. The third-order valence-electron chi connectivity index (χ3n) is 2.52. The zero-order chi connectivity index (χ0) is 16.0. The highest BCUT2D eigenvalue weighted by Gasteiger charge is 2.18. The Balaban J connectivity index is 0. The second kappa shape index (κ2) is 14.0. The van der Waals surface area contributed by atoms with Crippen LogP contribution in [-0.4, -0.2) is 11.6 Å². The fourth-order valence-corrected chi connectivity index (χ4v) is 1.55. The van der Waals surface area contributed by atoms with E-state index in [2.05, 4.69) is 13.8 Å². The van der Waals surface area contributed by atoms with Gasteiger partial charge in [0.15, 0.2) is 0 Å². The monoisotopic (exact) mass is 278 g/mol. The fraction of sp³-hybridized carbons (Fsp3) is 0.556. The summed E-state index contributed by atoms with van der Waals surface area (Å²) < 4.78 is 0. The molecule has 1 rings (SSSR count). The summed E-state index contributed by atoms with van der Waals surface area (Å²) in [6.45, 7) is 11.6. The molecule has 1 aromatic carbocycles. The summed E-state index contributed by atoms with van der Waals surface area (Å²) in [6.07, 6.45) is 2.08. The molecule has 0 unspecified atom stereocenters. The Morgan fingerprint density at radius 2 is 1.45 bits per heavy atom. The van der Waals surface area contributed by atoms with Gasteiger partial charge in [-0.15, -0.1) is 0 Å². The molecule has 0 N–H and O–H groups in total. The molecule has 1 atom stereocenters. The molecule has 0 heterocycles. The molecule has 1 aromatic rings. The Bertz CT molecular complexity index is 355. The molecule has 2 nitrogen and oxygen atoms in total. The van der Waals surface area contributed by atoms with Crippen LogP contribution in [0.5, 0.6) is 0 Å². The van der Waals surface area contributed by atoms with E-state index in [9.17, 15) is 9.59 Å². The number of Topliss-reactive ketones (excluding diaryl/α,β-unsaturated/α-hetero) is 2. The normalized spacial score (nSPS) is 10.3. The second-order valence-electron chi connectivity index (χ2n) is 4.38. The van der Waals surface area contributed by atoms with E-state index in [1.807, 2.05) is 51.1 Å². The highest BCUT2D eigenvalue weighted by atomic mass is 16.1. The van der Waals surface area contributed by atoms with Gasteiger partial charge in [0, 0.05) is 18.8 Å². The second-order valence-corrected chi connectivity index (χ2v) is 4.38. The number of ketones is 2. The van der Waals surface area contributed by atoms with Gasteiger partial charge in [-0.2, -0.15) is 0 Å². The van der Waals surface area contributed by atoms with Crippen molar-refractivity contribution in [3.63, 3.8) is 0 Å². The average Bonchev–Trinajstić information content (AvgIpc) is 2.48. The molecule has 0 saturated heterocycles. The van der Waals surface area contributed by atoms with Crippen LogP contribution in [0, 0.1) is 0 Å². The summed E-state index contributed by atoms with van der Waals surface area (Å²) in [4.78, 5) is 22.8. The molecule has 2 heteroatoms.